The molecule has 1 amide bonds. The van der Waals surface area contributed by atoms with Crippen molar-refractivity contribution in [3.63, 3.8) is 0 Å². The Hall–Kier alpha value is -3.34. The Kier molecular flexibility index (Phi) is 5.94. The van der Waals surface area contributed by atoms with E-state index in [2.05, 4.69) is 15.6 Å². The van der Waals surface area contributed by atoms with Gasteiger partial charge in [-0.1, -0.05) is 11.3 Å². The highest BCUT2D eigenvalue weighted by Crippen LogP contribution is 2.24. The number of hydrogen-bond acceptors (Lipinski definition) is 7. The van der Waals surface area contributed by atoms with Gasteiger partial charge in [0.25, 0.3) is 11.6 Å². The summed E-state index contributed by atoms with van der Waals surface area (Å²) in [6, 6.07) is 5.74. The van der Waals surface area contributed by atoms with Gasteiger partial charge in [-0.2, -0.15) is 0 Å². The second kappa shape index (κ2) is 8.57. The van der Waals surface area contributed by atoms with Crippen LogP contribution >= 0.6 is 0 Å². The van der Waals surface area contributed by atoms with Crippen molar-refractivity contribution in [2.24, 2.45) is 11.8 Å². The number of carbonyl (C=O) groups is 2. The smallest absolute Gasteiger partial charge is 0.308 e. The topological polar surface area (TPSA) is 149 Å². The second-order valence-electron chi connectivity index (χ2n) is 6.43. The SMILES string of the molecule is O=C(NCC(C(=O)O)C1CCOCC1)c1cn(-c2cccc([N+](=O)[O-])c2)nn1. The Morgan fingerprint density at radius 1 is 1.39 bits per heavy atom. The summed E-state index contributed by atoms with van der Waals surface area (Å²) in [5.74, 6) is -2.30. The zero-order chi connectivity index (χ0) is 20.1. The number of ether oxygens (including phenoxy) is 1. The van der Waals surface area contributed by atoms with Crippen LogP contribution in [0.4, 0.5) is 5.69 Å². The third-order valence-corrected chi connectivity index (χ3v) is 4.67. The number of nitrogens with one attached hydrogen (secondary N) is 1. The van der Waals surface area contributed by atoms with E-state index in [0.29, 0.717) is 31.7 Å². The molecule has 1 aliphatic heterocycles. The standard InChI is InChI=1S/C17H19N5O6/c23-16(18-9-14(17(24)25)11-4-6-28-7-5-11)15-10-21(20-19-15)12-2-1-3-13(8-12)22(26)27/h1-3,8,10-11,14H,4-7,9H2,(H,18,23)(H,24,25). The van der Waals surface area contributed by atoms with Crippen LogP contribution < -0.4 is 5.32 Å². The van der Waals surface area contributed by atoms with Gasteiger partial charge in [-0.15, -0.1) is 5.10 Å². The number of benzene rings is 1. The fourth-order valence-electron chi connectivity index (χ4n) is 3.11. The summed E-state index contributed by atoms with van der Waals surface area (Å²) < 4.78 is 6.49. The van der Waals surface area contributed by atoms with Crippen LogP contribution in [0.5, 0.6) is 0 Å². The molecule has 0 saturated carbocycles. The van der Waals surface area contributed by atoms with Gasteiger partial charge in [-0.3, -0.25) is 19.7 Å². The van der Waals surface area contributed by atoms with Gasteiger partial charge in [-0.05, 0) is 24.8 Å². The Labute approximate surface area is 159 Å². The number of carboxylic acids is 1. The number of rotatable bonds is 7. The zero-order valence-corrected chi connectivity index (χ0v) is 14.9. The molecule has 11 nitrogen and oxygen atoms in total. The lowest BCUT2D eigenvalue weighted by atomic mass is 9.86. The van der Waals surface area contributed by atoms with E-state index in [1.165, 1.54) is 29.1 Å². The quantitative estimate of drug-likeness (QED) is 0.527. The van der Waals surface area contributed by atoms with Crippen molar-refractivity contribution in [1.82, 2.24) is 20.3 Å². The van der Waals surface area contributed by atoms with Crippen LogP contribution in [0.25, 0.3) is 5.69 Å². The normalized spacial score (nSPS) is 15.7. The first kappa shape index (κ1) is 19.4. The minimum absolute atomic E-state index is 0.0115. The molecular weight excluding hydrogens is 370 g/mol. The first-order chi connectivity index (χ1) is 13.5. The molecule has 1 unspecified atom stereocenters. The lowest BCUT2D eigenvalue weighted by Gasteiger charge is -2.27. The van der Waals surface area contributed by atoms with Crippen molar-refractivity contribution in [3.8, 4) is 5.69 Å². The number of aliphatic carboxylic acids is 1. The summed E-state index contributed by atoms with van der Waals surface area (Å²) in [5.41, 5.74) is 0.258. The molecule has 0 bridgehead atoms. The highest BCUT2D eigenvalue weighted by atomic mass is 16.6. The summed E-state index contributed by atoms with van der Waals surface area (Å²) in [6.45, 7) is 1.00. The van der Waals surface area contributed by atoms with E-state index in [-0.39, 0.29) is 23.8 Å². The minimum Gasteiger partial charge on any atom is -0.481 e. The van der Waals surface area contributed by atoms with Crippen LogP contribution in [0, 0.1) is 22.0 Å². The lowest BCUT2D eigenvalue weighted by molar-refractivity contribution is -0.384. The highest BCUT2D eigenvalue weighted by molar-refractivity contribution is 5.92. The maximum atomic E-state index is 12.3. The van der Waals surface area contributed by atoms with Gasteiger partial charge in [0.1, 0.15) is 0 Å². The zero-order valence-electron chi connectivity index (χ0n) is 14.9. The van der Waals surface area contributed by atoms with Gasteiger partial charge in [-0.25, -0.2) is 4.68 Å². The number of hydrogen-bond donors (Lipinski definition) is 2. The Balaban J connectivity index is 1.66. The summed E-state index contributed by atoms with van der Waals surface area (Å²) in [7, 11) is 0. The van der Waals surface area contributed by atoms with Crippen LogP contribution in [-0.2, 0) is 9.53 Å². The molecule has 2 heterocycles. The summed E-state index contributed by atoms with van der Waals surface area (Å²) in [5, 5.41) is 30.5. The van der Waals surface area contributed by atoms with Gasteiger partial charge in [0.05, 0.1) is 22.7 Å². The number of amides is 1. The van der Waals surface area contributed by atoms with Gasteiger partial charge >= 0.3 is 5.97 Å². The first-order valence-electron chi connectivity index (χ1n) is 8.71. The summed E-state index contributed by atoms with van der Waals surface area (Å²) in [6.07, 6.45) is 2.60. The van der Waals surface area contributed by atoms with E-state index in [9.17, 15) is 24.8 Å². The molecular formula is C17H19N5O6. The third-order valence-electron chi connectivity index (χ3n) is 4.67. The van der Waals surface area contributed by atoms with E-state index in [0.717, 1.165) is 0 Å². The molecule has 0 aliphatic carbocycles. The van der Waals surface area contributed by atoms with Crippen LogP contribution in [0.3, 0.4) is 0 Å². The fourth-order valence-corrected chi connectivity index (χ4v) is 3.11. The molecule has 1 fully saturated rings. The molecule has 3 rings (SSSR count). The van der Waals surface area contributed by atoms with Crippen LogP contribution in [0.15, 0.2) is 30.5 Å². The fraction of sp³-hybridized carbons (Fsp3) is 0.412. The number of non-ortho nitro benzene ring substituents is 1. The third kappa shape index (κ3) is 4.49. The molecule has 28 heavy (non-hydrogen) atoms. The molecule has 2 aromatic rings. The number of nitrogens with zero attached hydrogens (tertiary/aromatic N) is 4. The number of nitro groups is 1. The van der Waals surface area contributed by atoms with Gasteiger partial charge in [0, 0.05) is 31.9 Å². The highest BCUT2D eigenvalue weighted by Gasteiger charge is 2.30. The van der Waals surface area contributed by atoms with Crippen LogP contribution in [0.1, 0.15) is 23.3 Å². The van der Waals surface area contributed by atoms with Crippen LogP contribution in [-0.4, -0.2) is 56.7 Å². The predicted molar refractivity (Wildman–Crippen MR) is 95.0 cm³/mol. The molecule has 0 spiro atoms. The lowest BCUT2D eigenvalue weighted by Crippen LogP contribution is -2.39. The minimum atomic E-state index is -0.965. The molecule has 1 atom stereocenters. The Morgan fingerprint density at radius 3 is 2.82 bits per heavy atom. The molecule has 1 aromatic heterocycles. The van der Waals surface area contributed by atoms with E-state index in [1.807, 2.05) is 0 Å². The molecule has 1 aromatic carbocycles. The van der Waals surface area contributed by atoms with Gasteiger partial charge in [0.2, 0.25) is 0 Å². The van der Waals surface area contributed by atoms with Crippen molar-refractivity contribution in [1.29, 1.82) is 0 Å². The molecule has 148 valence electrons. The van der Waals surface area contributed by atoms with Crippen molar-refractivity contribution in [2.45, 2.75) is 12.8 Å². The van der Waals surface area contributed by atoms with Crippen molar-refractivity contribution < 1.29 is 24.4 Å². The maximum absolute atomic E-state index is 12.3. The average molecular weight is 389 g/mol. The molecule has 1 aliphatic rings. The van der Waals surface area contributed by atoms with E-state index in [1.54, 1.807) is 6.07 Å². The van der Waals surface area contributed by atoms with E-state index < -0.39 is 22.7 Å². The Bertz CT molecular complexity index is 876. The van der Waals surface area contributed by atoms with Gasteiger partial charge in [0.15, 0.2) is 5.69 Å². The summed E-state index contributed by atoms with van der Waals surface area (Å²) in [4.78, 5) is 34.2. The number of nitro benzene ring substituents is 1. The van der Waals surface area contributed by atoms with Crippen molar-refractivity contribution >= 4 is 17.6 Å². The maximum Gasteiger partial charge on any atom is 0.308 e. The van der Waals surface area contributed by atoms with Crippen LogP contribution in [0.2, 0.25) is 0 Å². The molecule has 11 heteroatoms. The van der Waals surface area contributed by atoms with E-state index >= 15 is 0 Å². The van der Waals surface area contributed by atoms with Crippen molar-refractivity contribution in [2.75, 3.05) is 19.8 Å². The largest absolute Gasteiger partial charge is 0.481 e. The predicted octanol–water partition coefficient (Wildman–Crippen LogP) is 1.03. The first-order valence-corrected chi connectivity index (χ1v) is 8.71. The number of aromatic nitrogens is 3. The molecule has 2 N–H and O–H groups in total. The number of carboxylic acid groups (broad SMARTS) is 1. The van der Waals surface area contributed by atoms with Crippen molar-refractivity contribution in [3.05, 3.63) is 46.3 Å². The summed E-state index contributed by atoms with van der Waals surface area (Å²) >= 11 is 0. The van der Waals surface area contributed by atoms with Gasteiger partial charge < -0.3 is 15.2 Å². The number of carbonyl (C=O) groups excluding carboxylic acids is 1. The van der Waals surface area contributed by atoms with E-state index in [4.69, 9.17) is 4.74 Å². The Morgan fingerprint density at radius 2 is 2.14 bits per heavy atom. The monoisotopic (exact) mass is 389 g/mol. The molecule has 1 saturated heterocycles. The molecule has 0 radical (unpaired) electrons. The second-order valence-corrected chi connectivity index (χ2v) is 6.43. The average Bonchev–Trinajstić information content (AvgIpc) is 3.19.